The number of carbonyl (C=O) groups is 1. The van der Waals surface area contributed by atoms with Crippen molar-refractivity contribution in [3.8, 4) is 0 Å². The number of rotatable bonds is 6. The molecule has 32 heavy (non-hydrogen) atoms. The molecule has 0 spiro atoms. The van der Waals surface area contributed by atoms with Crippen LogP contribution in [-0.2, 0) is 0 Å². The minimum atomic E-state index is -0.526. The van der Waals surface area contributed by atoms with Gasteiger partial charge in [-0.2, -0.15) is 0 Å². The molecule has 0 radical (unpaired) electrons. The second-order valence-electron chi connectivity index (χ2n) is 7.66. The first kappa shape index (κ1) is 21.7. The first-order valence-corrected chi connectivity index (χ1v) is 11.2. The Morgan fingerprint density at radius 1 is 1.00 bits per heavy atom. The monoisotopic (exact) mass is 445 g/mol. The maximum atomic E-state index is 15.0. The number of hydrogen-bond acceptors (Lipinski definition) is 4. The lowest BCUT2D eigenvalue weighted by Gasteiger charge is -2.23. The van der Waals surface area contributed by atoms with Gasteiger partial charge >= 0.3 is 0 Å². The fraction of sp³-hybridized carbons (Fsp3) is 0.154. The maximum Gasteiger partial charge on any atom is 0.256 e. The van der Waals surface area contributed by atoms with E-state index in [1.807, 2.05) is 57.2 Å². The quantitative estimate of drug-likeness (QED) is 0.349. The Hall–Kier alpha value is -3.51. The molecule has 0 fully saturated rings. The number of nitrogens with zero attached hydrogens (tertiary/aromatic N) is 1. The summed E-state index contributed by atoms with van der Waals surface area (Å²) < 4.78 is 15.0. The van der Waals surface area contributed by atoms with E-state index in [-0.39, 0.29) is 11.7 Å². The highest BCUT2D eigenvalue weighted by molar-refractivity contribution is 7.16. The molecular weight excluding hydrogens is 421 g/mol. The van der Waals surface area contributed by atoms with E-state index in [1.54, 1.807) is 30.5 Å². The second-order valence-corrected chi connectivity index (χ2v) is 8.89. The molecule has 4 rings (SSSR count). The van der Waals surface area contributed by atoms with Crippen LogP contribution in [0.1, 0.15) is 43.5 Å². The highest BCUT2D eigenvalue weighted by atomic mass is 32.1. The van der Waals surface area contributed by atoms with Gasteiger partial charge < -0.3 is 10.6 Å². The van der Waals surface area contributed by atoms with E-state index in [0.717, 1.165) is 21.6 Å². The van der Waals surface area contributed by atoms with Crippen molar-refractivity contribution in [1.29, 1.82) is 0 Å². The summed E-state index contributed by atoms with van der Waals surface area (Å²) in [6, 6.07) is 19.1. The van der Waals surface area contributed by atoms with E-state index in [2.05, 4.69) is 15.6 Å². The molecule has 0 saturated carbocycles. The van der Waals surface area contributed by atoms with Gasteiger partial charge in [-0.15, -0.1) is 11.3 Å². The number of pyridine rings is 1. The molecule has 162 valence electrons. The van der Waals surface area contributed by atoms with Crippen molar-refractivity contribution in [3.05, 3.63) is 111 Å². The fourth-order valence-electron chi connectivity index (χ4n) is 3.63. The van der Waals surface area contributed by atoms with Crippen molar-refractivity contribution >= 4 is 28.1 Å². The molecule has 0 bridgehead atoms. The van der Waals surface area contributed by atoms with E-state index < -0.39 is 6.04 Å². The maximum absolute atomic E-state index is 15.0. The summed E-state index contributed by atoms with van der Waals surface area (Å²) in [5.41, 5.74) is 3.95. The van der Waals surface area contributed by atoms with Gasteiger partial charge in [0.15, 0.2) is 0 Å². The molecule has 1 atom stereocenters. The van der Waals surface area contributed by atoms with Gasteiger partial charge in [0.2, 0.25) is 0 Å². The molecular formula is C26H24FN3OS. The minimum Gasteiger partial charge on any atom is -0.359 e. The number of hydrogen-bond donors (Lipinski definition) is 2. The van der Waals surface area contributed by atoms with Crippen molar-refractivity contribution in [2.45, 2.75) is 26.8 Å². The van der Waals surface area contributed by atoms with E-state index in [4.69, 9.17) is 0 Å². The van der Waals surface area contributed by atoms with Crippen LogP contribution < -0.4 is 10.6 Å². The molecule has 4 nitrogen and oxygen atoms in total. The highest BCUT2D eigenvalue weighted by Crippen LogP contribution is 2.41. The smallest absolute Gasteiger partial charge is 0.256 e. The highest BCUT2D eigenvalue weighted by Gasteiger charge is 2.27. The van der Waals surface area contributed by atoms with Crippen LogP contribution in [0.15, 0.2) is 72.9 Å². The van der Waals surface area contributed by atoms with Gasteiger partial charge in [-0.1, -0.05) is 36.4 Å². The van der Waals surface area contributed by atoms with Crippen LogP contribution in [0.3, 0.4) is 0 Å². The minimum absolute atomic E-state index is 0.200. The van der Waals surface area contributed by atoms with Gasteiger partial charge in [-0.05, 0) is 62.2 Å². The third-order valence-corrected chi connectivity index (χ3v) is 6.55. The molecule has 4 aromatic rings. The van der Waals surface area contributed by atoms with Crippen molar-refractivity contribution < 1.29 is 9.18 Å². The first-order chi connectivity index (χ1) is 15.4. The number of carbonyl (C=O) groups excluding carboxylic acids is 1. The van der Waals surface area contributed by atoms with Crippen molar-refractivity contribution in [1.82, 2.24) is 4.98 Å². The summed E-state index contributed by atoms with van der Waals surface area (Å²) in [6.07, 6.45) is 1.72. The zero-order valence-corrected chi connectivity index (χ0v) is 19.0. The molecule has 1 amide bonds. The Kier molecular flexibility index (Phi) is 6.32. The molecule has 2 heterocycles. The summed E-state index contributed by atoms with van der Waals surface area (Å²) in [6.45, 7) is 5.99. The van der Waals surface area contributed by atoms with Crippen LogP contribution in [0, 0.1) is 26.6 Å². The molecule has 6 heteroatoms. The van der Waals surface area contributed by atoms with Crippen LogP contribution in [0.25, 0.3) is 0 Å². The number of aromatic nitrogens is 1. The van der Waals surface area contributed by atoms with Crippen LogP contribution in [0.5, 0.6) is 0 Å². The summed E-state index contributed by atoms with van der Waals surface area (Å²) in [5, 5.41) is 7.15. The zero-order chi connectivity index (χ0) is 22.7. The SMILES string of the molecule is Cc1ccnc(NC(c2ccccc2F)c2c(NC(=O)c3ccccc3)sc(C)c2C)c1. The summed E-state index contributed by atoms with van der Waals surface area (Å²) in [4.78, 5) is 18.4. The topological polar surface area (TPSA) is 54.0 Å². The van der Waals surface area contributed by atoms with Gasteiger partial charge in [0.1, 0.15) is 16.6 Å². The van der Waals surface area contributed by atoms with Crippen LogP contribution in [-0.4, -0.2) is 10.9 Å². The molecule has 0 aliphatic heterocycles. The summed E-state index contributed by atoms with van der Waals surface area (Å²) in [7, 11) is 0. The Morgan fingerprint density at radius 2 is 1.72 bits per heavy atom. The lowest BCUT2D eigenvalue weighted by molar-refractivity contribution is 0.102. The van der Waals surface area contributed by atoms with Crippen molar-refractivity contribution in [2.75, 3.05) is 10.6 Å². The lowest BCUT2D eigenvalue weighted by Crippen LogP contribution is -2.19. The normalized spacial score (nSPS) is 11.8. The van der Waals surface area contributed by atoms with E-state index in [0.29, 0.717) is 21.9 Å². The summed E-state index contributed by atoms with van der Waals surface area (Å²) >= 11 is 1.49. The number of anilines is 2. The van der Waals surface area contributed by atoms with Crippen molar-refractivity contribution in [3.63, 3.8) is 0 Å². The Bertz CT molecular complexity index is 1250. The summed E-state index contributed by atoms with van der Waals surface area (Å²) in [5.74, 6) is 0.122. The fourth-order valence-corrected chi connectivity index (χ4v) is 4.72. The number of aryl methyl sites for hydroxylation is 2. The third-order valence-electron chi connectivity index (χ3n) is 5.41. The van der Waals surface area contributed by atoms with Gasteiger partial charge in [0.05, 0.1) is 6.04 Å². The predicted molar refractivity (Wildman–Crippen MR) is 129 cm³/mol. The molecule has 0 saturated heterocycles. The predicted octanol–water partition coefficient (Wildman–Crippen LogP) is 6.66. The first-order valence-electron chi connectivity index (χ1n) is 10.3. The second kappa shape index (κ2) is 9.32. The van der Waals surface area contributed by atoms with Gasteiger partial charge in [-0.25, -0.2) is 9.37 Å². The molecule has 1 unspecified atom stereocenters. The number of thiophene rings is 1. The number of halogens is 1. The van der Waals surface area contributed by atoms with Crippen molar-refractivity contribution in [2.24, 2.45) is 0 Å². The van der Waals surface area contributed by atoms with Gasteiger partial charge in [-0.3, -0.25) is 4.79 Å². The Morgan fingerprint density at radius 3 is 2.44 bits per heavy atom. The number of benzene rings is 2. The molecule has 2 N–H and O–H groups in total. The lowest BCUT2D eigenvalue weighted by atomic mass is 9.95. The largest absolute Gasteiger partial charge is 0.359 e. The average molecular weight is 446 g/mol. The van der Waals surface area contributed by atoms with Gasteiger partial charge in [0.25, 0.3) is 5.91 Å². The zero-order valence-electron chi connectivity index (χ0n) is 18.1. The Labute approximate surface area is 191 Å². The van der Waals surface area contributed by atoms with Crippen LogP contribution in [0.2, 0.25) is 0 Å². The van der Waals surface area contributed by atoms with Crippen LogP contribution >= 0.6 is 11.3 Å². The van der Waals surface area contributed by atoms with Crippen LogP contribution in [0.4, 0.5) is 15.2 Å². The molecule has 0 aliphatic carbocycles. The van der Waals surface area contributed by atoms with E-state index >= 15 is 0 Å². The molecule has 0 aliphatic rings. The Balaban J connectivity index is 1.80. The average Bonchev–Trinajstić information content (AvgIpc) is 3.06. The molecule has 2 aromatic carbocycles. The standard InChI is InChI=1S/C26H24FN3OS/c1-16-13-14-28-22(15-16)29-24(20-11-7-8-12-21(20)27)23-17(2)18(3)32-26(23)30-25(31)19-9-5-4-6-10-19/h4-15,24H,1-3H3,(H,28,29)(H,30,31). The number of amides is 1. The van der Waals surface area contributed by atoms with E-state index in [1.165, 1.54) is 17.4 Å². The van der Waals surface area contributed by atoms with E-state index in [9.17, 15) is 9.18 Å². The number of nitrogens with one attached hydrogen (secondary N) is 2. The third kappa shape index (κ3) is 4.55. The molecule has 2 aromatic heterocycles. The van der Waals surface area contributed by atoms with Gasteiger partial charge in [0, 0.05) is 27.8 Å².